The minimum atomic E-state index is -6.57. The molecule has 8 fully saturated rings. The molecule has 0 bridgehead atoms. The van der Waals surface area contributed by atoms with Crippen LogP contribution in [0.5, 0.6) is 0 Å². The number of Topliss-reactive ketones (excluding diaryl/α,β-unsaturated/α-hetero) is 2. The number of carbonyl (C=O) groups excluding carboxylic acids is 10. The Morgan fingerprint density at radius 2 is 0.506 bits per heavy atom. The molecular weight excluding hydrogens is 1270 g/mol. The topological polar surface area (TPSA) is 184 Å². The summed E-state index contributed by atoms with van der Waals surface area (Å²) in [4.78, 5) is 129. The number of amides is 8. The highest BCUT2D eigenvalue weighted by atomic mass is 19.4. The maximum atomic E-state index is 16.3. The van der Waals surface area contributed by atoms with E-state index in [2.05, 4.69) is 0 Å². The molecule has 492 valence electrons. The fourth-order valence-corrected chi connectivity index (χ4v) is 16.0. The second kappa shape index (κ2) is 22.6. The van der Waals surface area contributed by atoms with E-state index in [0.29, 0.717) is 24.3 Å². The van der Waals surface area contributed by atoms with Gasteiger partial charge in [0.15, 0.2) is 66.4 Å². The standard InChI is InChI=1S/C53H46F22N4O10/c54-25-21(26(55)34(63)41(33(25)62)76-17(80)5-6-18(76)81)45(84)23-29(58)37(66)43(38(67)30(23)59)78-47(86)13-3-1-11(9-15(13)49(78)88)51(52(70,71)72,53(73,74)75)12-2-4-14-16(10-12)50(89)79(48(14)87)44-39(68)31(60)24(32(61)40(44)69)46(85)22-27(56)35(64)42(36(65)28(22)57)77-19(82)7-8-20(77)83/h5-8,11-16,21-44H,1-4,9-10H2. The molecule has 6 aliphatic carbocycles. The number of ketones is 2. The van der Waals surface area contributed by atoms with Crippen LogP contribution in [0.15, 0.2) is 24.3 Å². The van der Waals surface area contributed by atoms with Crippen molar-refractivity contribution in [3.05, 3.63) is 24.3 Å². The van der Waals surface area contributed by atoms with Gasteiger partial charge in [-0.1, -0.05) is 0 Å². The summed E-state index contributed by atoms with van der Waals surface area (Å²) in [6.07, 6.45) is -79.9. The predicted octanol–water partition coefficient (Wildman–Crippen LogP) is 6.29. The molecule has 10 rings (SSSR count). The Kier molecular flexibility index (Phi) is 16.7. The molecule has 22 atom stereocenters. The van der Waals surface area contributed by atoms with Crippen LogP contribution in [0.4, 0.5) is 96.6 Å². The highest BCUT2D eigenvalue weighted by Crippen LogP contribution is 2.67. The third-order valence-electron chi connectivity index (χ3n) is 20.1. The summed E-state index contributed by atoms with van der Waals surface area (Å²) < 4.78 is 348. The van der Waals surface area contributed by atoms with E-state index in [1.165, 1.54) is 0 Å². The van der Waals surface area contributed by atoms with E-state index in [1.54, 1.807) is 0 Å². The first kappa shape index (κ1) is 65.8. The van der Waals surface area contributed by atoms with Crippen molar-refractivity contribution in [3.8, 4) is 0 Å². The fourth-order valence-electron chi connectivity index (χ4n) is 16.0. The van der Waals surface area contributed by atoms with Crippen LogP contribution in [0.1, 0.15) is 38.5 Å². The van der Waals surface area contributed by atoms with Gasteiger partial charge < -0.3 is 0 Å². The lowest BCUT2D eigenvalue weighted by molar-refractivity contribution is -0.383. The third-order valence-corrected chi connectivity index (χ3v) is 20.1. The number of halogens is 22. The van der Waals surface area contributed by atoms with Gasteiger partial charge in [-0.25, -0.2) is 70.2 Å². The number of hydrogen-bond donors (Lipinski definition) is 0. The van der Waals surface area contributed by atoms with Crippen LogP contribution >= 0.6 is 0 Å². The van der Waals surface area contributed by atoms with Crippen LogP contribution in [0.2, 0.25) is 0 Å². The summed E-state index contributed by atoms with van der Waals surface area (Å²) in [5.41, 5.74) is -5.16. The van der Waals surface area contributed by atoms with Gasteiger partial charge in [0.1, 0.15) is 73.5 Å². The van der Waals surface area contributed by atoms with Gasteiger partial charge in [-0.15, -0.1) is 0 Å². The first-order valence-corrected chi connectivity index (χ1v) is 27.6. The zero-order valence-electron chi connectivity index (χ0n) is 44.6. The summed E-state index contributed by atoms with van der Waals surface area (Å²) in [6.45, 7) is 0. The Hall–Kier alpha value is -6.16. The first-order valence-electron chi connectivity index (χ1n) is 27.6. The fraction of sp³-hybridized carbons (Fsp3) is 0.736. The van der Waals surface area contributed by atoms with Gasteiger partial charge in [0.05, 0.1) is 47.3 Å². The molecule has 0 N–H and O–H groups in total. The lowest BCUT2D eigenvalue weighted by Gasteiger charge is -2.52. The molecule has 0 aromatic carbocycles. The summed E-state index contributed by atoms with van der Waals surface area (Å²) in [6, 6.07) is -12.6. The number of carbonyl (C=O) groups is 10. The van der Waals surface area contributed by atoms with Crippen LogP contribution in [0, 0.1) is 64.6 Å². The molecule has 36 heteroatoms. The van der Waals surface area contributed by atoms with Gasteiger partial charge in [0, 0.05) is 24.3 Å². The van der Waals surface area contributed by atoms with E-state index in [-0.39, 0.29) is 9.80 Å². The Morgan fingerprint density at radius 3 is 0.719 bits per heavy atom. The van der Waals surface area contributed by atoms with E-state index in [9.17, 15) is 47.9 Å². The molecule has 89 heavy (non-hydrogen) atoms. The maximum absolute atomic E-state index is 16.3. The maximum Gasteiger partial charge on any atom is 0.403 e. The zero-order chi connectivity index (χ0) is 66.0. The van der Waals surface area contributed by atoms with Crippen molar-refractivity contribution in [1.29, 1.82) is 0 Å². The zero-order valence-corrected chi connectivity index (χ0v) is 44.6. The van der Waals surface area contributed by atoms with Crippen molar-refractivity contribution in [1.82, 2.24) is 19.6 Å². The van der Waals surface area contributed by atoms with Crippen LogP contribution in [-0.4, -0.2) is 214 Å². The molecule has 0 aromatic rings. The molecule has 0 aromatic heterocycles. The summed E-state index contributed by atoms with van der Waals surface area (Å²) in [5, 5.41) is 0. The monoisotopic (exact) mass is 1320 g/mol. The number of fused-ring (bicyclic) bond motifs is 2. The SMILES string of the molecule is O=C(C1C(F)C(F)C(N2C(=O)C=CC2=O)C(F)C1F)C1C(F)C(F)C(N2C(=O)C3CCC(C(C4CCC5C(=O)N(C6C(F)C(F)C(C(=O)C7C(F)C(F)C(N8C(=O)C=CC8=O)C(F)C7F)C(F)C6F)C(=O)C5C4)(C(F)(F)F)C(F)(F)F)CC3C2=O)C(F)C1F. The van der Waals surface area contributed by atoms with Crippen molar-refractivity contribution in [2.75, 3.05) is 0 Å². The lowest BCUT2D eigenvalue weighted by Crippen LogP contribution is -2.68. The van der Waals surface area contributed by atoms with Crippen LogP contribution < -0.4 is 0 Å². The van der Waals surface area contributed by atoms with Crippen LogP contribution in [-0.2, 0) is 47.9 Å². The Morgan fingerprint density at radius 1 is 0.303 bits per heavy atom. The summed E-state index contributed by atoms with van der Waals surface area (Å²) in [5.74, 6) is -48.0. The minimum absolute atomic E-state index is 0.272. The van der Waals surface area contributed by atoms with E-state index >= 15 is 96.6 Å². The van der Waals surface area contributed by atoms with E-state index in [4.69, 9.17) is 0 Å². The van der Waals surface area contributed by atoms with Gasteiger partial charge >= 0.3 is 12.4 Å². The highest BCUT2D eigenvalue weighted by molar-refractivity contribution is 6.14. The van der Waals surface area contributed by atoms with Crippen molar-refractivity contribution in [2.45, 2.75) is 174 Å². The lowest BCUT2D eigenvalue weighted by atomic mass is 9.54. The predicted molar refractivity (Wildman–Crippen MR) is 246 cm³/mol. The Balaban J connectivity index is 0.853. The van der Waals surface area contributed by atoms with Gasteiger partial charge in [-0.2, -0.15) is 26.3 Å². The largest absolute Gasteiger partial charge is 0.403 e. The number of hydrogen-bond acceptors (Lipinski definition) is 10. The molecule has 4 heterocycles. The van der Waals surface area contributed by atoms with Crippen molar-refractivity contribution >= 4 is 58.8 Å². The average Bonchev–Trinajstić information content (AvgIpc) is 1.71. The molecule has 2 saturated heterocycles. The number of imide groups is 4. The first-order chi connectivity index (χ1) is 41.3. The molecule has 14 nitrogen and oxygen atoms in total. The van der Waals surface area contributed by atoms with Crippen molar-refractivity contribution in [3.63, 3.8) is 0 Å². The molecule has 4 aliphatic heterocycles. The Labute approximate surface area is 485 Å². The van der Waals surface area contributed by atoms with E-state index in [1.807, 2.05) is 0 Å². The summed E-state index contributed by atoms with van der Waals surface area (Å²) in [7, 11) is 0. The number of likely N-dealkylation sites (tertiary alicyclic amines) is 2. The molecule has 0 radical (unpaired) electrons. The average molecular weight is 1320 g/mol. The van der Waals surface area contributed by atoms with Gasteiger partial charge in [-0.3, -0.25) is 67.5 Å². The van der Waals surface area contributed by atoms with Crippen molar-refractivity contribution < 1.29 is 145 Å². The number of rotatable bonds is 10. The molecule has 8 amide bonds. The smallest absolute Gasteiger partial charge is 0.299 e. The number of nitrogens with zero attached hydrogens (tertiary/aromatic N) is 4. The normalized spacial score (nSPS) is 46.6. The van der Waals surface area contributed by atoms with Gasteiger partial charge in [-0.05, 0) is 50.4 Å². The molecule has 10 aliphatic rings. The molecule has 6 saturated carbocycles. The highest BCUT2D eigenvalue weighted by Gasteiger charge is 2.79. The summed E-state index contributed by atoms with van der Waals surface area (Å²) >= 11 is 0. The van der Waals surface area contributed by atoms with E-state index < -0.39 is 307 Å². The Bertz CT molecular complexity index is 2750. The van der Waals surface area contributed by atoms with Crippen molar-refractivity contribution in [2.24, 2.45) is 64.6 Å². The minimum Gasteiger partial charge on any atom is -0.299 e. The van der Waals surface area contributed by atoms with Crippen LogP contribution in [0.3, 0.4) is 0 Å². The van der Waals surface area contributed by atoms with E-state index in [0.717, 1.165) is 0 Å². The second-order valence-corrected chi connectivity index (χ2v) is 24.1. The van der Waals surface area contributed by atoms with Gasteiger partial charge in [0.2, 0.25) is 23.6 Å². The molecular formula is C53H46F22N4O10. The third kappa shape index (κ3) is 9.38. The quantitative estimate of drug-likeness (QED) is 0.178. The number of alkyl halides is 22. The second-order valence-electron chi connectivity index (χ2n) is 24.1. The molecule has 22 unspecified atom stereocenters. The van der Waals surface area contributed by atoms with Gasteiger partial charge in [0.25, 0.3) is 23.6 Å². The van der Waals surface area contributed by atoms with Crippen LogP contribution in [0.25, 0.3) is 0 Å². The molecule has 0 spiro atoms.